The van der Waals surface area contributed by atoms with Crippen LogP contribution in [0.15, 0.2) is 53.7 Å². The minimum absolute atomic E-state index is 0.479. The lowest BCUT2D eigenvalue weighted by molar-refractivity contribution is 0.617. The van der Waals surface area contributed by atoms with Gasteiger partial charge in [-0.2, -0.15) is 0 Å². The average Bonchev–Trinajstić information content (AvgIpc) is 2.46. The Balaban J connectivity index is 1.91. The highest BCUT2D eigenvalue weighted by Gasteiger charge is 2.08. The van der Waals surface area contributed by atoms with Crippen molar-refractivity contribution in [3.63, 3.8) is 0 Å². The van der Waals surface area contributed by atoms with E-state index in [1.54, 1.807) is 0 Å². The summed E-state index contributed by atoms with van der Waals surface area (Å²) in [6, 6.07) is 13.2. The molecule has 19 heavy (non-hydrogen) atoms. The van der Waals surface area contributed by atoms with Gasteiger partial charge in [0.1, 0.15) is 0 Å². The van der Waals surface area contributed by atoms with Crippen LogP contribution in [0, 0.1) is 6.92 Å². The van der Waals surface area contributed by atoms with E-state index in [9.17, 15) is 0 Å². The smallest absolute Gasteiger partial charge is 0.0270 e. The number of nitrogens with one attached hydrogen (secondary N) is 1. The normalized spacial score (nSPS) is 12.3. The lowest BCUT2D eigenvalue weighted by atomic mass is 10.1. The van der Waals surface area contributed by atoms with E-state index in [4.69, 9.17) is 0 Å². The Bertz CT molecular complexity index is 499. The van der Waals surface area contributed by atoms with Crippen LogP contribution in [-0.4, -0.2) is 23.8 Å². The summed E-state index contributed by atoms with van der Waals surface area (Å²) >= 11 is 1.92. The highest BCUT2D eigenvalue weighted by atomic mass is 32.2. The topological polar surface area (TPSA) is 24.9 Å². The predicted molar refractivity (Wildman–Crippen MR) is 82.7 cm³/mol. The molecule has 100 valence electrons. The summed E-state index contributed by atoms with van der Waals surface area (Å²) in [6.45, 7) is 2.17. The molecular formula is C16H20N2S. The number of hydrogen-bond acceptors (Lipinski definition) is 3. The number of rotatable bonds is 6. The van der Waals surface area contributed by atoms with E-state index in [1.165, 1.54) is 16.0 Å². The van der Waals surface area contributed by atoms with Crippen LogP contribution in [0.1, 0.15) is 11.1 Å². The highest BCUT2D eigenvalue weighted by molar-refractivity contribution is 7.99. The van der Waals surface area contributed by atoms with Gasteiger partial charge in [0.15, 0.2) is 0 Å². The SMILES string of the molecule is CNC(CSc1ccccc1C)Cc1ccncc1. The highest BCUT2D eigenvalue weighted by Crippen LogP contribution is 2.23. The number of nitrogens with zero attached hydrogens (tertiary/aromatic N) is 1. The Morgan fingerprint density at radius 2 is 1.89 bits per heavy atom. The van der Waals surface area contributed by atoms with E-state index in [-0.39, 0.29) is 0 Å². The zero-order valence-electron chi connectivity index (χ0n) is 11.5. The molecule has 0 amide bonds. The van der Waals surface area contributed by atoms with Crippen molar-refractivity contribution in [1.82, 2.24) is 10.3 Å². The summed E-state index contributed by atoms with van der Waals surface area (Å²) < 4.78 is 0. The summed E-state index contributed by atoms with van der Waals surface area (Å²) in [7, 11) is 2.03. The molecule has 1 atom stereocenters. The maximum Gasteiger partial charge on any atom is 0.0270 e. The van der Waals surface area contributed by atoms with Crippen molar-refractivity contribution in [2.75, 3.05) is 12.8 Å². The van der Waals surface area contributed by atoms with Gasteiger partial charge in [-0.25, -0.2) is 0 Å². The monoisotopic (exact) mass is 272 g/mol. The first-order chi connectivity index (χ1) is 9.29. The summed E-state index contributed by atoms with van der Waals surface area (Å²) in [6.07, 6.45) is 4.75. The molecule has 0 fully saturated rings. The van der Waals surface area contributed by atoms with Crippen LogP contribution in [0.3, 0.4) is 0 Å². The summed E-state index contributed by atoms with van der Waals surface area (Å²) in [4.78, 5) is 5.43. The molecule has 0 aliphatic heterocycles. The van der Waals surface area contributed by atoms with E-state index < -0.39 is 0 Å². The van der Waals surface area contributed by atoms with Crippen molar-refractivity contribution in [3.8, 4) is 0 Å². The third-order valence-electron chi connectivity index (χ3n) is 3.17. The van der Waals surface area contributed by atoms with Gasteiger partial charge in [-0.3, -0.25) is 4.98 Å². The number of aryl methyl sites for hydroxylation is 1. The van der Waals surface area contributed by atoms with Crippen LogP contribution in [0.25, 0.3) is 0 Å². The molecule has 2 nitrogen and oxygen atoms in total. The minimum Gasteiger partial charge on any atom is -0.316 e. The fraction of sp³-hybridized carbons (Fsp3) is 0.312. The first-order valence-corrected chi connectivity index (χ1v) is 7.52. The zero-order valence-corrected chi connectivity index (χ0v) is 12.3. The number of pyridine rings is 1. The molecule has 0 aliphatic rings. The Labute approximate surface area is 119 Å². The Kier molecular flexibility index (Phi) is 5.43. The standard InChI is InChI=1S/C16H20N2S/c1-13-5-3-4-6-16(13)19-12-15(17-2)11-14-7-9-18-10-8-14/h3-10,15,17H,11-12H2,1-2H3. The number of hydrogen-bond donors (Lipinski definition) is 1. The van der Waals surface area contributed by atoms with Crippen molar-refractivity contribution < 1.29 is 0 Å². The Hall–Kier alpha value is -1.32. The number of benzene rings is 1. The number of aromatic nitrogens is 1. The maximum atomic E-state index is 4.06. The molecule has 0 aliphatic carbocycles. The van der Waals surface area contributed by atoms with E-state index >= 15 is 0 Å². The fourth-order valence-corrected chi connectivity index (χ4v) is 3.09. The van der Waals surface area contributed by atoms with Crippen LogP contribution >= 0.6 is 11.8 Å². The summed E-state index contributed by atoms with van der Waals surface area (Å²) in [5, 5.41) is 3.40. The first kappa shape index (κ1) is 14.1. The molecule has 2 rings (SSSR count). The molecule has 0 saturated heterocycles. The second kappa shape index (κ2) is 7.31. The molecule has 3 heteroatoms. The average molecular weight is 272 g/mol. The molecule has 2 aromatic rings. The van der Waals surface area contributed by atoms with Gasteiger partial charge < -0.3 is 5.32 Å². The van der Waals surface area contributed by atoms with Gasteiger partial charge in [-0.15, -0.1) is 11.8 Å². The van der Waals surface area contributed by atoms with Gasteiger partial charge in [0.05, 0.1) is 0 Å². The van der Waals surface area contributed by atoms with Crippen molar-refractivity contribution in [2.45, 2.75) is 24.3 Å². The Morgan fingerprint density at radius 1 is 1.16 bits per heavy atom. The largest absolute Gasteiger partial charge is 0.316 e. The summed E-state index contributed by atoms with van der Waals surface area (Å²) in [5.74, 6) is 1.07. The zero-order chi connectivity index (χ0) is 13.5. The molecule has 1 unspecified atom stereocenters. The summed E-state index contributed by atoms with van der Waals surface area (Å²) in [5.41, 5.74) is 2.69. The van der Waals surface area contributed by atoms with Gasteiger partial charge in [0.25, 0.3) is 0 Å². The second-order valence-electron chi connectivity index (χ2n) is 4.62. The minimum atomic E-state index is 0.479. The first-order valence-electron chi connectivity index (χ1n) is 6.54. The van der Waals surface area contributed by atoms with Crippen molar-refractivity contribution in [3.05, 3.63) is 59.9 Å². The third-order valence-corrected chi connectivity index (χ3v) is 4.51. The number of likely N-dealkylation sites (N-methyl/N-ethyl adjacent to an activating group) is 1. The third kappa shape index (κ3) is 4.37. The molecule has 1 aromatic carbocycles. The van der Waals surface area contributed by atoms with Gasteiger partial charge in [0.2, 0.25) is 0 Å². The molecular weight excluding hydrogens is 252 g/mol. The van der Waals surface area contributed by atoms with Crippen molar-refractivity contribution in [2.24, 2.45) is 0 Å². The molecule has 1 aromatic heterocycles. The maximum absolute atomic E-state index is 4.06. The van der Waals surface area contributed by atoms with Crippen molar-refractivity contribution >= 4 is 11.8 Å². The quantitative estimate of drug-likeness (QED) is 0.817. The van der Waals surface area contributed by atoms with Crippen LogP contribution in [0.5, 0.6) is 0 Å². The molecule has 0 radical (unpaired) electrons. The van der Waals surface area contributed by atoms with Crippen LogP contribution in [0.2, 0.25) is 0 Å². The van der Waals surface area contributed by atoms with E-state index in [2.05, 4.69) is 53.6 Å². The van der Waals surface area contributed by atoms with Crippen LogP contribution in [0.4, 0.5) is 0 Å². The van der Waals surface area contributed by atoms with Crippen LogP contribution in [-0.2, 0) is 6.42 Å². The molecule has 0 bridgehead atoms. The van der Waals surface area contributed by atoms with Gasteiger partial charge >= 0.3 is 0 Å². The fourth-order valence-electron chi connectivity index (χ4n) is 1.96. The van der Waals surface area contributed by atoms with Crippen LogP contribution < -0.4 is 5.32 Å². The molecule has 1 heterocycles. The van der Waals surface area contributed by atoms with Gasteiger partial charge in [-0.1, -0.05) is 18.2 Å². The lowest BCUT2D eigenvalue weighted by Gasteiger charge is -2.16. The van der Waals surface area contributed by atoms with Gasteiger partial charge in [-0.05, 0) is 49.7 Å². The Morgan fingerprint density at radius 3 is 2.58 bits per heavy atom. The molecule has 1 N–H and O–H groups in total. The van der Waals surface area contributed by atoms with E-state index in [0.717, 1.165) is 12.2 Å². The lowest BCUT2D eigenvalue weighted by Crippen LogP contribution is -2.30. The van der Waals surface area contributed by atoms with Crippen molar-refractivity contribution in [1.29, 1.82) is 0 Å². The van der Waals surface area contributed by atoms with Gasteiger partial charge in [0, 0.05) is 29.1 Å². The predicted octanol–water partition coefficient (Wildman–Crippen LogP) is 3.31. The molecule has 0 spiro atoms. The number of thioether (sulfide) groups is 1. The molecule has 0 saturated carbocycles. The van der Waals surface area contributed by atoms with E-state index in [0.29, 0.717) is 6.04 Å². The second-order valence-corrected chi connectivity index (χ2v) is 5.68. The van der Waals surface area contributed by atoms with E-state index in [1.807, 2.05) is 31.2 Å².